The van der Waals surface area contributed by atoms with Crippen LogP contribution >= 0.6 is 0 Å². The standard InChI is InChI=1S/C12H10O6/c1-7(13)16-11-6-15-12-9(11)4-3-5-10(12)18-17-8(2)14/h3-6H,1-2H3. The third-order valence-corrected chi connectivity index (χ3v) is 2.03. The largest absolute Gasteiger partial charge is 0.456 e. The van der Waals surface area contributed by atoms with Gasteiger partial charge in [-0.25, -0.2) is 4.79 Å². The zero-order valence-electron chi connectivity index (χ0n) is 9.76. The minimum atomic E-state index is -0.584. The number of rotatable bonds is 3. The van der Waals surface area contributed by atoms with Gasteiger partial charge in [-0.3, -0.25) is 14.6 Å². The monoisotopic (exact) mass is 250 g/mol. The van der Waals surface area contributed by atoms with Crippen molar-refractivity contribution in [2.75, 3.05) is 0 Å². The van der Waals surface area contributed by atoms with E-state index in [1.54, 1.807) is 18.2 Å². The quantitative estimate of drug-likeness (QED) is 0.472. The van der Waals surface area contributed by atoms with E-state index in [-0.39, 0.29) is 11.5 Å². The molecule has 0 saturated carbocycles. The fraction of sp³-hybridized carbons (Fsp3) is 0.167. The molecule has 2 aromatic rings. The number of benzene rings is 1. The average Bonchev–Trinajstić information content (AvgIpc) is 2.69. The molecule has 1 heterocycles. The lowest BCUT2D eigenvalue weighted by Crippen LogP contribution is -2.03. The van der Waals surface area contributed by atoms with Crippen LogP contribution in [0, 0.1) is 0 Å². The normalized spacial score (nSPS) is 10.1. The molecule has 0 fully saturated rings. The van der Waals surface area contributed by atoms with E-state index in [2.05, 4.69) is 4.89 Å². The minimum absolute atomic E-state index is 0.223. The Morgan fingerprint density at radius 1 is 1.11 bits per heavy atom. The number of carbonyl (C=O) groups excluding carboxylic acids is 2. The molecule has 0 radical (unpaired) electrons. The molecule has 0 unspecified atom stereocenters. The minimum Gasteiger partial charge on any atom is -0.456 e. The van der Waals surface area contributed by atoms with Gasteiger partial charge in [-0.15, -0.1) is 0 Å². The van der Waals surface area contributed by atoms with E-state index in [9.17, 15) is 9.59 Å². The lowest BCUT2D eigenvalue weighted by molar-refractivity contribution is -0.210. The molecular formula is C12H10O6. The molecule has 6 heteroatoms. The Balaban J connectivity index is 2.35. The first kappa shape index (κ1) is 12.0. The van der Waals surface area contributed by atoms with Gasteiger partial charge in [0.2, 0.25) is 5.75 Å². The molecule has 0 amide bonds. The summed E-state index contributed by atoms with van der Waals surface area (Å²) in [6.45, 7) is 2.50. The predicted molar refractivity (Wildman–Crippen MR) is 59.9 cm³/mol. The Bertz CT molecular complexity index is 598. The van der Waals surface area contributed by atoms with Gasteiger partial charge in [-0.05, 0) is 12.1 Å². The van der Waals surface area contributed by atoms with Crippen molar-refractivity contribution in [1.29, 1.82) is 0 Å². The first-order valence-electron chi connectivity index (χ1n) is 5.11. The van der Waals surface area contributed by atoms with Gasteiger partial charge >= 0.3 is 11.9 Å². The van der Waals surface area contributed by atoms with Crippen LogP contribution in [0.4, 0.5) is 0 Å². The maximum atomic E-state index is 10.9. The summed E-state index contributed by atoms with van der Waals surface area (Å²) in [4.78, 5) is 30.8. The number of carbonyl (C=O) groups is 2. The van der Waals surface area contributed by atoms with Crippen LogP contribution in [0.1, 0.15) is 13.8 Å². The molecule has 0 saturated heterocycles. The molecule has 2 rings (SSSR count). The Labute approximate surface area is 102 Å². The zero-order chi connectivity index (χ0) is 13.1. The molecule has 0 atom stereocenters. The maximum absolute atomic E-state index is 10.9. The van der Waals surface area contributed by atoms with Crippen LogP contribution in [-0.2, 0) is 14.5 Å². The molecule has 94 valence electrons. The van der Waals surface area contributed by atoms with Crippen LogP contribution < -0.4 is 9.62 Å². The van der Waals surface area contributed by atoms with Crippen LogP contribution in [-0.4, -0.2) is 11.9 Å². The van der Waals surface area contributed by atoms with Gasteiger partial charge in [-0.2, -0.15) is 0 Å². The third-order valence-electron chi connectivity index (χ3n) is 2.03. The van der Waals surface area contributed by atoms with Crippen molar-refractivity contribution in [3.05, 3.63) is 24.5 Å². The molecule has 0 aliphatic carbocycles. The van der Waals surface area contributed by atoms with E-state index in [0.717, 1.165) is 0 Å². The smallest absolute Gasteiger partial charge is 0.352 e. The van der Waals surface area contributed by atoms with Crippen LogP contribution in [0.25, 0.3) is 11.0 Å². The van der Waals surface area contributed by atoms with Crippen molar-refractivity contribution in [2.45, 2.75) is 13.8 Å². The highest BCUT2D eigenvalue weighted by molar-refractivity contribution is 5.90. The lowest BCUT2D eigenvalue weighted by atomic mass is 10.2. The van der Waals surface area contributed by atoms with E-state index in [1.807, 2.05) is 0 Å². The highest BCUT2D eigenvalue weighted by atomic mass is 17.2. The summed E-state index contributed by atoms with van der Waals surface area (Å²) in [6.07, 6.45) is 1.28. The van der Waals surface area contributed by atoms with Crippen molar-refractivity contribution in [3.63, 3.8) is 0 Å². The second-order valence-corrected chi connectivity index (χ2v) is 3.48. The SMILES string of the molecule is CC(=O)OOc1cccc2c(OC(C)=O)coc12. The zero-order valence-corrected chi connectivity index (χ0v) is 9.76. The van der Waals surface area contributed by atoms with Gasteiger partial charge < -0.3 is 9.15 Å². The first-order chi connectivity index (χ1) is 8.58. The van der Waals surface area contributed by atoms with Crippen LogP contribution in [0.2, 0.25) is 0 Å². The van der Waals surface area contributed by atoms with Crippen molar-refractivity contribution in [2.24, 2.45) is 0 Å². The summed E-state index contributed by atoms with van der Waals surface area (Å²) in [5.41, 5.74) is 0.329. The van der Waals surface area contributed by atoms with Gasteiger partial charge in [0.1, 0.15) is 6.26 Å². The second-order valence-electron chi connectivity index (χ2n) is 3.48. The summed E-state index contributed by atoms with van der Waals surface area (Å²) >= 11 is 0. The number of ether oxygens (including phenoxy) is 1. The third kappa shape index (κ3) is 2.42. The Kier molecular flexibility index (Phi) is 3.18. The Hall–Kier alpha value is -2.50. The van der Waals surface area contributed by atoms with Crippen LogP contribution in [0.5, 0.6) is 11.5 Å². The van der Waals surface area contributed by atoms with Crippen molar-refractivity contribution < 1.29 is 28.5 Å². The van der Waals surface area contributed by atoms with E-state index < -0.39 is 11.9 Å². The second kappa shape index (κ2) is 4.79. The number of hydrogen-bond acceptors (Lipinski definition) is 6. The topological polar surface area (TPSA) is 75.0 Å². The predicted octanol–water partition coefficient (Wildman–Crippen LogP) is 2.21. The summed E-state index contributed by atoms with van der Waals surface area (Å²) in [6, 6.07) is 4.91. The van der Waals surface area contributed by atoms with Crippen LogP contribution in [0.3, 0.4) is 0 Å². The molecule has 0 spiro atoms. The maximum Gasteiger partial charge on any atom is 0.352 e. The Morgan fingerprint density at radius 2 is 1.89 bits per heavy atom. The summed E-state index contributed by atoms with van der Waals surface area (Å²) in [5, 5.41) is 0.551. The van der Waals surface area contributed by atoms with Crippen molar-refractivity contribution in [1.82, 2.24) is 0 Å². The highest BCUT2D eigenvalue weighted by Crippen LogP contribution is 2.34. The average molecular weight is 250 g/mol. The van der Waals surface area contributed by atoms with Gasteiger partial charge in [0.25, 0.3) is 0 Å². The van der Waals surface area contributed by atoms with Gasteiger partial charge in [0.15, 0.2) is 11.3 Å². The number of hydrogen-bond donors (Lipinski definition) is 0. The highest BCUT2D eigenvalue weighted by Gasteiger charge is 2.14. The fourth-order valence-corrected chi connectivity index (χ4v) is 1.41. The number of para-hydroxylation sites is 1. The molecule has 6 nitrogen and oxygen atoms in total. The molecular weight excluding hydrogens is 240 g/mol. The van der Waals surface area contributed by atoms with Crippen molar-refractivity contribution in [3.8, 4) is 11.5 Å². The first-order valence-corrected chi connectivity index (χ1v) is 5.11. The molecule has 0 bridgehead atoms. The number of furan rings is 1. The summed E-state index contributed by atoms with van der Waals surface area (Å²) in [7, 11) is 0. The van der Waals surface area contributed by atoms with E-state index in [0.29, 0.717) is 11.0 Å². The van der Waals surface area contributed by atoms with Gasteiger partial charge in [0, 0.05) is 13.8 Å². The van der Waals surface area contributed by atoms with E-state index in [1.165, 1.54) is 20.1 Å². The number of fused-ring (bicyclic) bond motifs is 1. The molecule has 18 heavy (non-hydrogen) atoms. The van der Waals surface area contributed by atoms with Gasteiger partial charge in [0.05, 0.1) is 5.39 Å². The van der Waals surface area contributed by atoms with Gasteiger partial charge in [-0.1, -0.05) is 6.07 Å². The summed E-state index contributed by atoms with van der Waals surface area (Å²) < 4.78 is 10.2. The van der Waals surface area contributed by atoms with Crippen LogP contribution in [0.15, 0.2) is 28.9 Å². The van der Waals surface area contributed by atoms with E-state index >= 15 is 0 Å². The lowest BCUT2D eigenvalue weighted by Gasteiger charge is -2.02. The summed E-state index contributed by atoms with van der Waals surface area (Å²) in [5.74, 6) is -0.533. The Morgan fingerprint density at radius 3 is 2.56 bits per heavy atom. The molecule has 0 N–H and O–H groups in total. The molecule has 0 aliphatic heterocycles. The fourth-order valence-electron chi connectivity index (χ4n) is 1.41. The van der Waals surface area contributed by atoms with Crippen molar-refractivity contribution >= 4 is 22.9 Å². The molecule has 1 aromatic carbocycles. The molecule has 0 aliphatic rings. The van der Waals surface area contributed by atoms with E-state index in [4.69, 9.17) is 14.0 Å². The molecule has 1 aromatic heterocycles. The number of esters is 1.